The Kier molecular flexibility index (Phi) is 5.65. The van der Waals surface area contributed by atoms with Gasteiger partial charge in [-0.25, -0.2) is 4.79 Å². The van der Waals surface area contributed by atoms with Crippen LogP contribution in [0.1, 0.15) is 6.92 Å². The molecule has 0 saturated carbocycles. The van der Waals surface area contributed by atoms with Gasteiger partial charge in [0.05, 0.1) is 0 Å². The van der Waals surface area contributed by atoms with Crippen LogP contribution in [-0.2, 0) is 9.53 Å². The summed E-state index contributed by atoms with van der Waals surface area (Å²) in [5, 5.41) is 11.1. The summed E-state index contributed by atoms with van der Waals surface area (Å²) in [4.78, 5) is 23.9. The number of aliphatic hydroxyl groups excluding tert-OH is 1. The highest BCUT2D eigenvalue weighted by Crippen LogP contribution is 2.27. The molecule has 6 heteroatoms. The fraction of sp³-hybridized carbons (Fsp3) is 0.200. The van der Waals surface area contributed by atoms with Crippen molar-refractivity contribution in [1.29, 1.82) is 0 Å². The van der Waals surface area contributed by atoms with Gasteiger partial charge in [-0.05, 0) is 37.3 Å². The van der Waals surface area contributed by atoms with Crippen molar-refractivity contribution in [3.63, 3.8) is 0 Å². The zero-order chi connectivity index (χ0) is 18.5. The average molecular weight is 370 g/mol. The smallest absolute Gasteiger partial charge is 0.330 e. The number of allylic oxidation sites excluding steroid dienone is 1. The number of fused-ring (bicyclic) bond motifs is 2. The van der Waals surface area contributed by atoms with Crippen molar-refractivity contribution in [1.82, 2.24) is 0 Å². The first kappa shape index (κ1) is 18.1. The van der Waals surface area contributed by atoms with Gasteiger partial charge in [0.1, 0.15) is 25.1 Å². The van der Waals surface area contributed by atoms with Gasteiger partial charge >= 0.3 is 5.97 Å². The van der Waals surface area contributed by atoms with Gasteiger partial charge in [-0.1, -0.05) is 18.2 Å². The normalized spacial score (nSPS) is 12.5. The molecule has 26 heavy (non-hydrogen) atoms. The predicted octanol–water partition coefficient (Wildman–Crippen LogP) is 3.27. The van der Waals surface area contributed by atoms with E-state index in [0.717, 1.165) is 9.40 Å². The monoisotopic (exact) mass is 370 g/mol. The maximum absolute atomic E-state index is 12.7. The lowest BCUT2D eigenvalue weighted by Gasteiger charge is -2.12. The summed E-state index contributed by atoms with van der Waals surface area (Å²) in [6.07, 6.45) is 1.88. The summed E-state index contributed by atoms with van der Waals surface area (Å²) in [5.41, 5.74) is -0.0411. The summed E-state index contributed by atoms with van der Waals surface area (Å²) in [6, 6.07) is 12.8. The minimum absolute atomic E-state index is 0.0411. The van der Waals surface area contributed by atoms with Crippen molar-refractivity contribution in [2.45, 2.75) is 13.0 Å². The van der Waals surface area contributed by atoms with E-state index in [2.05, 4.69) is 0 Å². The molecule has 0 bridgehead atoms. The van der Waals surface area contributed by atoms with Crippen molar-refractivity contribution in [2.75, 3.05) is 13.2 Å². The number of aliphatic hydroxyl groups is 1. The van der Waals surface area contributed by atoms with Gasteiger partial charge in [0.2, 0.25) is 0 Å². The number of rotatable bonds is 6. The number of hydrogen-bond acceptors (Lipinski definition) is 6. The molecule has 0 aliphatic rings. The van der Waals surface area contributed by atoms with Gasteiger partial charge in [-0.2, -0.15) is 0 Å². The number of carbonyl (C=O) groups excluding carboxylic acids is 1. The van der Waals surface area contributed by atoms with Gasteiger partial charge in [0, 0.05) is 26.2 Å². The average Bonchev–Trinajstić information content (AvgIpc) is 2.65. The number of carbonyl (C=O) groups is 1. The van der Waals surface area contributed by atoms with E-state index < -0.39 is 12.1 Å². The van der Waals surface area contributed by atoms with Crippen molar-refractivity contribution >= 4 is 37.5 Å². The Morgan fingerprint density at radius 2 is 1.92 bits per heavy atom. The minimum atomic E-state index is -0.953. The molecule has 0 spiro atoms. The second kappa shape index (κ2) is 8.12. The first-order valence-corrected chi connectivity index (χ1v) is 8.96. The predicted molar refractivity (Wildman–Crippen MR) is 103 cm³/mol. The molecular formula is C20H18O5S. The number of benzene rings is 2. The maximum Gasteiger partial charge on any atom is 0.330 e. The second-order valence-electron chi connectivity index (χ2n) is 5.68. The molecule has 5 nitrogen and oxygen atoms in total. The first-order valence-electron chi connectivity index (χ1n) is 8.14. The molecule has 134 valence electrons. The molecule has 1 heterocycles. The lowest BCUT2D eigenvalue weighted by Crippen LogP contribution is -2.24. The van der Waals surface area contributed by atoms with Gasteiger partial charge in [-0.15, -0.1) is 11.3 Å². The van der Waals surface area contributed by atoms with Crippen LogP contribution >= 0.6 is 11.3 Å². The maximum atomic E-state index is 12.7. The van der Waals surface area contributed by atoms with Crippen LogP contribution in [0.3, 0.4) is 0 Å². The highest BCUT2D eigenvalue weighted by Gasteiger charge is 2.10. The van der Waals surface area contributed by atoms with Gasteiger partial charge in [-0.3, -0.25) is 4.79 Å². The number of esters is 1. The largest absolute Gasteiger partial charge is 0.491 e. The fourth-order valence-electron chi connectivity index (χ4n) is 2.48. The van der Waals surface area contributed by atoms with E-state index in [1.54, 1.807) is 36.5 Å². The zero-order valence-corrected chi connectivity index (χ0v) is 15.0. The van der Waals surface area contributed by atoms with Crippen LogP contribution in [0.25, 0.3) is 20.2 Å². The molecule has 2 aromatic carbocycles. The van der Waals surface area contributed by atoms with Crippen molar-refractivity contribution in [2.24, 2.45) is 0 Å². The van der Waals surface area contributed by atoms with Crippen molar-refractivity contribution in [3.8, 4) is 5.75 Å². The van der Waals surface area contributed by atoms with Crippen LogP contribution in [0.4, 0.5) is 0 Å². The van der Waals surface area contributed by atoms with Crippen LogP contribution in [0.15, 0.2) is 59.4 Å². The van der Waals surface area contributed by atoms with Crippen LogP contribution in [0.5, 0.6) is 5.75 Å². The highest BCUT2D eigenvalue weighted by molar-refractivity contribution is 7.24. The summed E-state index contributed by atoms with van der Waals surface area (Å²) in [6.45, 7) is 1.50. The van der Waals surface area contributed by atoms with E-state index >= 15 is 0 Å². The summed E-state index contributed by atoms with van der Waals surface area (Å²) in [7, 11) is 0. The standard InChI is InChI=1S/C20H18O5S/c1-2-5-19(22)25-12-13(21)11-24-14-8-9-18-16(10-14)20(23)15-6-3-4-7-17(15)26-18/h2-10,13,21H,11-12H2,1H3. The van der Waals surface area contributed by atoms with E-state index in [4.69, 9.17) is 9.47 Å². The Hall–Kier alpha value is -2.70. The molecule has 1 N–H and O–H groups in total. The van der Waals surface area contributed by atoms with Gasteiger partial charge < -0.3 is 14.6 Å². The third-order valence-electron chi connectivity index (χ3n) is 3.71. The number of ether oxygens (including phenoxy) is 2. The quantitative estimate of drug-likeness (QED) is 0.410. The Labute approximate surface area is 154 Å². The van der Waals surface area contributed by atoms with E-state index in [-0.39, 0.29) is 18.6 Å². The SMILES string of the molecule is CC=CC(=O)OCC(O)COc1ccc2sc3ccccc3c(=O)c2c1. The molecule has 0 radical (unpaired) electrons. The molecule has 1 atom stereocenters. The molecule has 1 aromatic heterocycles. The van der Waals surface area contributed by atoms with Crippen LogP contribution in [0, 0.1) is 0 Å². The lowest BCUT2D eigenvalue weighted by molar-refractivity contribution is -0.141. The molecule has 0 aliphatic heterocycles. The molecule has 1 unspecified atom stereocenters. The topological polar surface area (TPSA) is 72.8 Å². The van der Waals surface area contributed by atoms with E-state index in [1.165, 1.54) is 6.08 Å². The Morgan fingerprint density at radius 3 is 2.73 bits per heavy atom. The Balaban J connectivity index is 1.73. The van der Waals surface area contributed by atoms with Crippen LogP contribution in [-0.4, -0.2) is 30.4 Å². The number of hydrogen-bond donors (Lipinski definition) is 1. The van der Waals surface area contributed by atoms with E-state index in [0.29, 0.717) is 16.5 Å². The molecule has 0 amide bonds. The summed E-state index contributed by atoms with van der Waals surface area (Å²) in [5.74, 6) is -0.0301. The minimum Gasteiger partial charge on any atom is -0.491 e. The molecule has 0 aliphatic carbocycles. The molecule has 0 saturated heterocycles. The molecule has 3 aromatic rings. The zero-order valence-electron chi connectivity index (χ0n) is 14.2. The second-order valence-corrected chi connectivity index (χ2v) is 6.76. The van der Waals surface area contributed by atoms with E-state index in [9.17, 15) is 14.7 Å². The molecule has 0 fully saturated rings. The fourth-order valence-corrected chi connectivity index (χ4v) is 3.53. The molecular weight excluding hydrogens is 352 g/mol. The van der Waals surface area contributed by atoms with Gasteiger partial charge in [0.25, 0.3) is 0 Å². The summed E-state index contributed by atoms with van der Waals surface area (Å²) < 4.78 is 12.2. The highest BCUT2D eigenvalue weighted by atomic mass is 32.1. The van der Waals surface area contributed by atoms with Gasteiger partial charge in [0.15, 0.2) is 5.43 Å². The summed E-state index contributed by atoms with van der Waals surface area (Å²) >= 11 is 1.55. The Morgan fingerprint density at radius 1 is 1.15 bits per heavy atom. The Bertz CT molecular complexity index is 1020. The van der Waals surface area contributed by atoms with Crippen LogP contribution in [0.2, 0.25) is 0 Å². The third-order valence-corrected chi connectivity index (χ3v) is 4.86. The lowest BCUT2D eigenvalue weighted by atomic mass is 10.2. The van der Waals surface area contributed by atoms with Crippen molar-refractivity contribution < 1.29 is 19.4 Å². The first-order chi connectivity index (χ1) is 12.6. The third kappa shape index (κ3) is 4.09. The molecule has 3 rings (SSSR count). The van der Waals surface area contributed by atoms with E-state index in [1.807, 2.05) is 30.3 Å². The van der Waals surface area contributed by atoms with Crippen molar-refractivity contribution in [3.05, 3.63) is 64.8 Å². The van der Waals surface area contributed by atoms with Crippen LogP contribution < -0.4 is 10.2 Å².